The van der Waals surface area contributed by atoms with Crippen molar-refractivity contribution in [3.63, 3.8) is 0 Å². The summed E-state index contributed by atoms with van der Waals surface area (Å²) in [5.74, 6) is -0.208. The van der Waals surface area contributed by atoms with Gasteiger partial charge in [0.1, 0.15) is 5.82 Å². The molecule has 0 aromatic heterocycles. The van der Waals surface area contributed by atoms with E-state index >= 15 is 0 Å². The second-order valence-corrected chi connectivity index (χ2v) is 4.36. The molecule has 1 radical (unpaired) electrons. The molecule has 0 bridgehead atoms. The number of halogens is 2. The predicted octanol–water partition coefficient (Wildman–Crippen LogP) is 4.91. The van der Waals surface area contributed by atoms with E-state index in [-0.39, 0.29) is 5.82 Å². The van der Waals surface area contributed by atoms with E-state index in [2.05, 4.69) is 6.92 Å². The van der Waals surface area contributed by atoms with Gasteiger partial charge in [-0.1, -0.05) is 36.7 Å². The summed E-state index contributed by atoms with van der Waals surface area (Å²) in [6, 6.07) is 12.4. The highest BCUT2D eigenvalue weighted by atomic mass is 35.5. The van der Waals surface area contributed by atoms with Gasteiger partial charge in [-0.05, 0) is 48.2 Å². The molecular formula is C15H13ClF. The Morgan fingerprint density at radius 2 is 1.76 bits per heavy atom. The van der Waals surface area contributed by atoms with Crippen LogP contribution in [0.15, 0.2) is 42.5 Å². The van der Waals surface area contributed by atoms with E-state index in [1.165, 1.54) is 6.07 Å². The summed E-state index contributed by atoms with van der Waals surface area (Å²) in [6.07, 6.45) is 1.67. The van der Waals surface area contributed by atoms with Gasteiger partial charge in [0.2, 0.25) is 0 Å². The summed E-state index contributed by atoms with van der Waals surface area (Å²) in [6.45, 7) is 3.81. The first-order chi connectivity index (χ1) is 8.20. The predicted molar refractivity (Wildman–Crippen MR) is 70.5 cm³/mol. The van der Waals surface area contributed by atoms with Crippen molar-refractivity contribution in [2.75, 3.05) is 0 Å². The molecule has 0 amide bonds. The average Bonchev–Trinajstić information content (AvgIpc) is 2.33. The van der Waals surface area contributed by atoms with Gasteiger partial charge in [-0.15, -0.1) is 0 Å². The Morgan fingerprint density at radius 3 is 2.41 bits per heavy atom. The number of hydrogen-bond acceptors (Lipinski definition) is 0. The molecule has 0 spiro atoms. The molecule has 2 aromatic carbocycles. The Labute approximate surface area is 106 Å². The van der Waals surface area contributed by atoms with E-state index in [1.807, 2.05) is 18.2 Å². The van der Waals surface area contributed by atoms with Crippen molar-refractivity contribution in [1.82, 2.24) is 0 Å². The Hall–Kier alpha value is -1.34. The lowest BCUT2D eigenvalue weighted by Crippen LogP contribution is -1.89. The molecule has 0 aliphatic heterocycles. The summed E-state index contributed by atoms with van der Waals surface area (Å²) in [4.78, 5) is 0. The molecule has 87 valence electrons. The zero-order valence-corrected chi connectivity index (χ0v) is 10.2. The van der Waals surface area contributed by atoms with Crippen LogP contribution in [0.25, 0.3) is 11.1 Å². The maximum Gasteiger partial charge on any atom is 0.131 e. The minimum Gasteiger partial charge on any atom is -0.206 e. The number of rotatable bonds is 3. The van der Waals surface area contributed by atoms with Crippen molar-refractivity contribution in [3.05, 3.63) is 65.8 Å². The molecular weight excluding hydrogens is 235 g/mol. The minimum absolute atomic E-state index is 0.208. The van der Waals surface area contributed by atoms with Crippen molar-refractivity contribution >= 4 is 11.6 Å². The van der Waals surface area contributed by atoms with Crippen molar-refractivity contribution in [2.45, 2.75) is 12.8 Å². The maximum absolute atomic E-state index is 13.7. The summed E-state index contributed by atoms with van der Waals surface area (Å²) in [5.41, 5.74) is 2.57. The fraction of sp³-hybridized carbons (Fsp3) is 0.133. The average molecular weight is 248 g/mol. The summed E-state index contributed by atoms with van der Waals surface area (Å²) in [5, 5.41) is 0.656. The zero-order valence-electron chi connectivity index (χ0n) is 9.42. The SMILES string of the molecule is [CH2]CCc1ccc(F)c(-c2ccc(Cl)cc2)c1. The van der Waals surface area contributed by atoms with Crippen LogP contribution in [0.1, 0.15) is 12.0 Å². The molecule has 0 N–H and O–H groups in total. The molecule has 2 heteroatoms. The van der Waals surface area contributed by atoms with Gasteiger partial charge in [-0.2, -0.15) is 0 Å². The number of hydrogen-bond donors (Lipinski definition) is 0. The standard InChI is InChI=1S/C15H13ClF/c1-2-3-11-4-9-15(17)14(10-11)12-5-7-13(16)8-6-12/h4-10H,1-3H2. The Balaban J connectivity index is 2.42. The molecule has 0 unspecified atom stereocenters. The van der Waals surface area contributed by atoms with Crippen LogP contribution >= 0.6 is 11.6 Å². The molecule has 0 atom stereocenters. The summed E-state index contributed by atoms with van der Waals surface area (Å²) in [7, 11) is 0. The largest absolute Gasteiger partial charge is 0.206 e. The van der Waals surface area contributed by atoms with Crippen molar-refractivity contribution in [1.29, 1.82) is 0 Å². The molecule has 0 aliphatic carbocycles. The highest BCUT2D eigenvalue weighted by Crippen LogP contribution is 2.25. The van der Waals surface area contributed by atoms with Crippen LogP contribution in [0.4, 0.5) is 4.39 Å². The third-order valence-corrected chi connectivity index (χ3v) is 2.90. The van der Waals surface area contributed by atoms with E-state index in [0.29, 0.717) is 10.6 Å². The van der Waals surface area contributed by atoms with Gasteiger partial charge in [0.05, 0.1) is 0 Å². The van der Waals surface area contributed by atoms with Crippen molar-refractivity contribution in [3.8, 4) is 11.1 Å². The molecule has 0 saturated heterocycles. The third-order valence-electron chi connectivity index (χ3n) is 2.65. The van der Waals surface area contributed by atoms with Gasteiger partial charge < -0.3 is 0 Å². The van der Waals surface area contributed by atoms with Gasteiger partial charge in [0.25, 0.3) is 0 Å². The Kier molecular flexibility index (Phi) is 3.80. The molecule has 0 saturated carbocycles. The first-order valence-electron chi connectivity index (χ1n) is 5.54. The topological polar surface area (TPSA) is 0 Å². The summed E-state index contributed by atoms with van der Waals surface area (Å²) >= 11 is 5.82. The molecule has 17 heavy (non-hydrogen) atoms. The number of aryl methyl sites for hydroxylation is 1. The van der Waals surface area contributed by atoms with Crippen LogP contribution in [0, 0.1) is 12.7 Å². The minimum atomic E-state index is -0.208. The second kappa shape index (κ2) is 5.33. The normalized spacial score (nSPS) is 10.5. The smallest absolute Gasteiger partial charge is 0.131 e. The van der Waals surface area contributed by atoms with E-state index in [0.717, 1.165) is 24.0 Å². The Morgan fingerprint density at radius 1 is 1.06 bits per heavy atom. The molecule has 2 rings (SSSR count). The fourth-order valence-corrected chi connectivity index (χ4v) is 1.91. The van der Waals surface area contributed by atoms with Gasteiger partial charge in [0.15, 0.2) is 0 Å². The number of benzene rings is 2. The van der Waals surface area contributed by atoms with E-state index in [9.17, 15) is 4.39 Å². The monoisotopic (exact) mass is 247 g/mol. The molecule has 0 fully saturated rings. The highest BCUT2D eigenvalue weighted by Gasteiger charge is 2.06. The van der Waals surface area contributed by atoms with Crippen molar-refractivity contribution < 1.29 is 4.39 Å². The van der Waals surface area contributed by atoms with Crippen LogP contribution in [0.5, 0.6) is 0 Å². The zero-order chi connectivity index (χ0) is 12.3. The van der Waals surface area contributed by atoms with E-state index in [4.69, 9.17) is 11.6 Å². The second-order valence-electron chi connectivity index (χ2n) is 3.92. The van der Waals surface area contributed by atoms with Gasteiger partial charge in [0, 0.05) is 10.6 Å². The maximum atomic E-state index is 13.7. The fourth-order valence-electron chi connectivity index (χ4n) is 1.78. The van der Waals surface area contributed by atoms with Gasteiger partial charge in [-0.25, -0.2) is 4.39 Å². The van der Waals surface area contributed by atoms with E-state index < -0.39 is 0 Å². The van der Waals surface area contributed by atoms with Crippen LogP contribution < -0.4 is 0 Å². The first kappa shape index (κ1) is 12.1. The molecule has 2 aromatic rings. The molecule has 0 nitrogen and oxygen atoms in total. The van der Waals surface area contributed by atoms with Crippen LogP contribution in [0.2, 0.25) is 5.02 Å². The van der Waals surface area contributed by atoms with Crippen LogP contribution in [-0.4, -0.2) is 0 Å². The van der Waals surface area contributed by atoms with E-state index in [1.54, 1.807) is 18.2 Å². The molecule has 0 aliphatic rings. The van der Waals surface area contributed by atoms with Crippen molar-refractivity contribution in [2.24, 2.45) is 0 Å². The van der Waals surface area contributed by atoms with Crippen LogP contribution in [-0.2, 0) is 6.42 Å². The lowest BCUT2D eigenvalue weighted by molar-refractivity contribution is 0.630. The highest BCUT2D eigenvalue weighted by molar-refractivity contribution is 6.30. The quantitative estimate of drug-likeness (QED) is 0.723. The molecule has 0 heterocycles. The lowest BCUT2D eigenvalue weighted by Gasteiger charge is -2.06. The van der Waals surface area contributed by atoms with Gasteiger partial charge >= 0.3 is 0 Å². The Bertz CT molecular complexity index is 503. The van der Waals surface area contributed by atoms with Gasteiger partial charge in [-0.3, -0.25) is 0 Å². The van der Waals surface area contributed by atoms with Crippen LogP contribution in [0.3, 0.4) is 0 Å². The first-order valence-corrected chi connectivity index (χ1v) is 5.92. The lowest BCUT2D eigenvalue weighted by atomic mass is 10.0. The third kappa shape index (κ3) is 2.86. The summed E-state index contributed by atoms with van der Waals surface area (Å²) < 4.78 is 13.7.